The van der Waals surface area contributed by atoms with Crippen LogP contribution in [0.5, 0.6) is 0 Å². The third-order valence-corrected chi connectivity index (χ3v) is 3.12. The summed E-state index contributed by atoms with van der Waals surface area (Å²) >= 11 is 0. The van der Waals surface area contributed by atoms with E-state index in [9.17, 15) is 14.0 Å². The van der Waals surface area contributed by atoms with Gasteiger partial charge in [0.05, 0.1) is 0 Å². The van der Waals surface area contributed by atoms with Crippen LogP contribution in [-0.4, -0.2) is 35.0 Å². The van der Waals surface area contributed by atoms with Crippen molar-refractivity contribution in [3.63, 3.8) is 0 Å². The molecule has 0 atom stereocenters. The molecule has 0 unspecified atom stereocenters. The lowest BCUT2D eigenvalue weighted by molar-refractivity contribution is -0.142. The molecule has 1 aliphatic carbocycles. The van der Waals surface area contributed by atoms with Gasteiger partial charge in [-0.05, 0) is 30.9 Å². The summed E-state index contributed by atoms with van der Waals surface area (Å²) < 4.78 is 13.4. The second-order valence-electron chi connectivity index (χ2n) is 4.91. The van der Waals surface area contributed by atoms with Crippen LogP contribution in [0.2, 0.25) is 0 Å². The molecule has 1 amide bonds. The molecule has 1 aliphatic rings. The second kappa shape index (κ2) is 6.32. The lowest BCUT2D eigenvalue weighted by Gasteiger charge is -2.18. The Bertz CT molecular complexity index is 538. The minimum atomic E-state index is -1.04. The molecule has 1 fully saturated rings. The number of benzene rings is 1. The fourth-order valence-electron chi connectivity index (χ4n) is 1.88. The summed E-state index contributed by atoms with van der Waals surface area (Å²) in [5.74, 6) is -1.45. The van der Waals surface area contributed by atoms with Crippen molar-refractivity contribution in [3.05, 3.63) is 41.7 Å². The molecule has 20 heavy (non-hydrogen) atoms. The van der Waals surface area contributed by atoms with E-state index in [4.69, 9.17) is 5.11 Å². The number of hydrogen-bond acceptors (Lipinski definition) is 2. The maximum Gasteiger partial charge on any atom is 0.323 e. The predicted octanol–water partition coefficient (Wildman–Crippen LogP) is 2.16. The van der Waals surface area contributed by atoms with Gasteiger partial charge in [-0.25, -0.2) is 4.39 Å². The Kier molecular flexibility index (Phi) is 4.50. The molecule has 0 aliphatic heterocycles. The molecule has 1 N–H and O–H groups in total. The monoisotopic (exact) mass is 277 g/mol. The van der Waals surface area contributed by atoms with Crippen LogP contribution in [-0.2, 0) is 9.59 Å². The van der Waals surface area contributed by atoms with E-state index in [1.165, 1.54) is 23.1 Å². The number of rotatable bonds is 6. The molecule has 106 valence electrons. The molecule has 1 aromatic rings. The summed E-state index contributed by atoms with van der Waals surface area (Å²) in [4.78, 5) is 24.0. The number of carbonyl (C=O) groups is 2. The highest BCUT2D eigenvalue weighted by atomic mass is 19.1. The van der Waals surface area contributed by atoms with Crippen molar-refractivity contribution in [2.45, 2.75) is 12.8 Å². The first-order valence-electron chi connectivity index (χ1n) is 6.49. The fraction of sp³-hybridized carbons (Fsp3) is 0.333. The van der Waals surface area contributed by atoms with E-state index in [1.54, 1.807) is 18.2 Å². The molecule has 1 aromatic carbocycles. The number of nitrogens with zero attached hydrogens (tertiary/aromatic N) is 1. The van der Waals surface area contributed by atoms with Crippen LogP contribution in [0.15, 0.2) is 30.3 Å². The summed E-state index contributed by atoms with van der Waals surface area (Å²) in [7, 11) is 0. The van der Waals surface area contributed by atoms with Gasteiger partial charge in [0.1, 0.15) is 12.4 Å². The lowest BCUT2D eigenvalue weighted by atomic mass is 10.2. The Morgan fingerprint density at radius 1 is 1.35 bits per heavy atom. The molecule has 2 rings (SSSR count). The standard InChI is InChI=1S/C15H16FNO3/c16-13-4-2-1-3-12(13)7-8-14(18)17(10-15(19)20)9-11-5-6-11/h1-4,7-8,11H,5-6,9-10H2,(H,19,20)/b8-7+. The largest absolute Gasteiger partial charge is 0.480 e. The molecule has 4 nitrogen and oxygen atoms in total. The van der Waals surface area contributed by atoms with Gasteiger partial charge in [0.15, 0.2) is 0 Å². The van der Waals surface area contributed by atoms with Gasteiger partial charge >= 0.3 is 5.97 Å². The zero-order valence-electron chi connectivity index (χ0n) is 11.0. The normalized spacial score (nSPS) is 14.4. The Morgan fingerprint density at radius 3 is 2.65 bits per heavy atom. The highest BCUT2D eigenvalue weighted by Gasteiger charge is 2.27. The number of aliphatic carboxylic acids is 1. The molecule has 0 aromatic heterocycles. The van der Waals surface area contributed by atoms with Gasteiger partial charge in [-0.3, -0.25) is 9.59 Å². The molecule has 5 heteroatoms. The summed E-state index contributed by atoms with van der Waals surface area (Å²) in [6.07, 6.45) is 4.66. The van der Waals surface area contributed by atoms with E-state index in [1.807, 2.05) is 0 Å². The van der Waals surface area contributed by atoms with Crippen molar-refractivity contribution in [2.24, 2.45) is 5.92 Å². The van der Waals surface area contributed by atoms with Crippen molar-refractivity contribution < 1.29 is 19.1 Å². The third-order valence-electron chi connectivity index (χ3n) is 3.12. The zero-order chi connectivity index (χ0) is 14.5. The van der Waals surface area contributed by atoms with Crippen LogP contribution in [0.1, 0.15) is 18.4 Å². The molecule has 0 heterocycles. The third kappa shape index (κ3) is 4.19. The summed E-state index contributed by atoms with van der Waals surface area (Å²) in [6, 6.07) is 6.11. The van der Waals surface area contributed by atoms with E-state index in [-0.39, 0.29) is 6.54 Å². The Hall–Kier alpha value is -2.17. The van der Waals surface area contributed by atoms with E-state index >= 15 is 0 Å². The van der Waals surface area contributed by atoms with E-state index in [2.05, 4.69) is 0 Å². The summed E-state index contributed by atoms with van der Waals surface area (Å²) in [5.41, 5.74) is 0.308. The lowest BCUT2D eigenvalue weighted by Crippen LogP contribution is -2.36. The van der Waals surface area contributed by atoms with Crippen LogP contribution in [0.25, 0.3) is 6.08 Å². The topological polar surface area (TPSA) is 57.6 Å². The average molecular weight is 277 g/mol. The van der Waals surface area contributed by atoms with Gasteiger partial charge in [-0.15, -0.1) is 0 Å². The molecule has 0 spiro atoms. The highest BCUT2D eigenvalue weighted by molar-refractivity contribution is 5.93. The molecular formula is C15H16FNO3. The molecule has 0 radical (unpaired) electrons. The fourth-order valence-corrected chi connectivity index (χ4v) is 1.88. The summed E-state index contributed by atoms with van der Waals surface area (Å²) in [5, 5.41) is 8.82. The van der Waals surface area contributed by atoms with Gasteiger partial charge in [0, 0.05) is 18.2 Å². The quantitative estimate of drug-likeness (QED) is 0.811. The van der Waals surface area contributed by atoms with E-state index < -0.39 is 17.7 Å². The van der Waals surface area contributed by atoms with Crippen LogP contribution in [0.3, 0.4) is 0 Å². The first-order chi connectivity index (χ1) is 9.56. The van der Waals surface area contributed by atoms with E-state index in [0.717, 1.165) is 12.8 Å². The smallest absolute Gasteiger partial charge is 0.323 e. The van der Waals surface area contributed by atoms with Crippen LogP contribution < -0.4 is 0 Å². The van der Waals surface area contributed by atoms with Crippen LogP contribution in [0, 0.1) is 11.7 Å². The second-order valence-corrected chi connectivity index (χ2v) is 4.91. The minimum Gasteiger partial charge on any atom is -0.480 e. The summed E-state index contributed by atoms with van der Waals surface area (Å²) in [6.45, 7) is 0.129. The van der Waals surface area contributed by atoms with Gasteiger partial charge in [-0.1, -0.05) is 18.2 Å². The van der Waals surface area contributed by atoms with Crippen molar-refractivity contribution in [1.29, 1.82) is 0 Å². The first-order valence-corrected chi connectivity index (χ1v) is 6.49. The maximum atomic E-state index is 13.4. The number of halogens is 1. The number of hydrogen-bond donors (Lipinski definition) is 1. The van der Waals surface area contributed by atoms with Crippen molar-refractivity contribution in [2.75, 3.05) is 13.1 Å². The molecule has 0 bridgehead atoms. The van der Waals surface area contributed by atoms with Gasteiger partial charge in [0.2, 0.25) is 5.91 Å². The average Bonchev–Trinajstić information content (AvgIpc) is 3.20. The Labute approximate surface area is 116 Å². The maximum absolute atomic E-state index is 13.4. The van der Waals surface area contributed by atoms with Gasteiger partial charge in [-0.2, -0.15) is 0 Å². The number of amides is 1. The van der Waals surface area contributed by atoms with Crippen molar-refractivity contribution in [3.8, 4) is 0 Å². The number of carboxylic acids is 1. The highest BCUT2D eigenvalue weighted by Crippen LogP contribution is 2.29. The Balaban J connectivity index is 2.03. The number of carbonyl (C=O) groups excluding carboxylic acids is 1. The molecule has 1 saturated carbocycles. The van der Waals surface area contributed by atoms with Gasteiger partial charge < -0.3 is 10.0 Å². The van der Waals surface area contributed by atoms with Crippen molar-refractivity contribution >= 4 is 18.0 Å². The van der Waals surface area contributed by atoms with Crippen LogP contribution in [0.4, 0.5) is 4.39 Å². The molecular weight excluding hydrogens is 261 g/mol. The van der Waals surface area contributed by atoms with E-state index in [0.29, 0.717) is 18.0 Å². The van der Waals surface area contributed by atoms with Crippen molar-refractivity contribution in [1.82, 2.24) is 4.90 Å². The predicted molar refractivity (Wildman–Crippen MR) is 72.4 cm³/mol. The SMILES string of the molecule is O=C(O)CN(CC1CC1)C(=O)/C=C/c1ccccc1F. The zero-order valence-corrected chi connectivity index (χ0v) is 11.0. The first kappa shape index (κ1) is 14.2. The number of carboxylic acid groups (broad SMARTS) is 1. The Morgan fingerprint density at radius 2 is 2.05 bits per heavy atom. The van der Waals surface area contributed by atoms with Gasteiger partial charge in [0.25, 0.3) is 0 Å². The molecule has 0 saturated heterocycles. The van der Waals surface area contributed by atoms with Crippen LogP contribution >= 0.6 is 0 Å². The minimum absolute atomic E-state index is 0.308.